The Hall–Kier alpha value is -1.75. The molecular formula is C8H4ClNO4. The van der Waals surface area contributed by atoms with Gasteiger partial charge in [-0.2, -0.15) is 0 Å². The third kappa shape index (κ3) is 1.38. The molecular weight excluding hydrogens is 210 g/mol. The molecule has 1 N–H and O–H groups in total. The van der Waals surface area contributed by atoms with Crippen molar-refractivity contribution in [2.75, 3.05) is 0 Å². The van der Waals surface area contributed by atoms with Crippen LogP contribution in [0.5, 0.6) is 0 Å². The van der Waals surface area contributed by atoms with Gasteiger partial charge >= 0.3 is 5.97 Å². The molecule has 0 saturated heterocycles. The fourth-order valence-electron chi connectivity index (χ4n) is 0.942. The Morgan fingerprint density at radius 3 is 2.79 bits per heavy atom. The molecule has 2 aromatic heterocycles. The van der Waals surface area contributed by atoms with Crippen LogP contribution >= 0.6 is 11.6 Å². The molecule has 2 rings (SSSR count). The normalized spacial score (nSPS) is 10.4. The molecule has 0 fully saturated rings. The van der Waals surface area contributed by atoms with Crippen LogP contribution in [-0.2, 0) is 0 Å². The molecule has 14 heavy (non-hydrogen) atoms. The zero-order valence-electron chi connectivity index (χ0n) is 6.73. The molecule has 0 aliphatic heterocycles. The molecule has 0 aromatic carbocycles. The molecule has 2 heterocycles. The average Bonchev–Trinajstić information content (AvgIpc) is 2.71. The van der Waals surface area contributed by atoms with Gasteiger partial charge in [0.1, 0.15) is 6.26 Å². The highest BCUT2D eigenvalue weighted by atomic mass is 35.5. The number of rotatable bonds is 2. The molecule has 0 amide bonds. The molecule has 0 saturated carbocycles. The lowest BCUT2D eigenvalue weighted by Gasteiger charge is -1.87. The minimum absolute atomic E-state index is 0.115. The maximum Gasteiger partial charge on any atom is 0.357 e. The second-order valence-corrected chi connectivity index (χ2v) is 2.79. The number of hydrogen-bond donors (Lipinski definition) is 1. The highest BCUT2D eigenvalue weighted by Gasteiger charge is 2.15. The van der Waals surface area contributed by atoms with Gasteiger partial charge in [0.15, 0.2) is 5.69 Å². The summed E-state index contributed by atoms with van der Waals surface area (Å²) in [7, 11) is 0. The van der Waals surface area contributed by atoms with Crippen LogP contribution in [0.15, 0.2) is 27.4 Å². The second-order valence-electron chi connectivity index (χ2n) is 2.45. The van der Waals surface area contributed by atoms with Crippen molar-refractivity contribution >= 4 is 17.6 Å². The van der Waals surface area contributed by atoms with Gasteiger partial charge in [-0.15, -0.1) is 0 Å². The van der Waals surface area contributed by atoms with Gasteiger partial charge in [0, 0.05) is 0 Å². The van der Waals surface area contributed by atoms with E-state index in [9.17, 15) is 4.79 Å². The van der Waals surface area contributed by atoms with Gasteiger partial charge < -0.3 is 13.9 Å². The number of aromatic carboxylic acids is 1. The van der Waals surface area contributed by atoms with Gasteiger partial charge in [-0.05, 0) is 17.7 Å². The lowest BCUT2D eigenvalue weighted by Crippen LogP contribution is -1.95. The van der Waals surface area contributed by atoms with Crippen LogP contribution in [0.25, 0.3) is 11.5 Å². The quantitative estimate of drug-likeness (QED) is 0.828. The van der Waals surface area contributed by atoms with E-state index in [1.807, 2.05) is 0 Å². The largest absolute Gasteiger partial charge is 0.476 e. The van der Waals surface area contributed by atoms with E-state index >= 15 is 0 Å². The molecule has 0 aliphatic rings. The zero-order chi connectivity index (χ0) is 10.1. The van der Waals surface area contributed by atoms with E-state index in [1.165, 1.54) is 6.26 Å². The number of halogens is 1. The van der Waals surface area contributed by atoms with Gasteiger partial charge in [-0.1, -0.05) is 0 Å². The SMILES string of the molecule is O=C(O)c1coc(-c2ccoc2Cl)n1. The van der Waals surface area contributed by atoms with Crippen LogP contribution in [0.3, 0.4) is 0 Å². The predicted molar refractivity (Wildman–Crippen MR) is 46.2 cm³/mol. The summed E-state index contributed by atoms with van der Waals surface area (Å²) >= 11 is 5.65. The maximum atomic E-state index is 10.5. The third-order valence-electron chi connectivity index (χ3n) is 1.57. The number of carboxylic acid groups (broad SMARTS) is 1. The number of carboxylic acids is 1. The van der Waals surface area contributed by atoms with E-state index in [1.54, 1.807) is 6.07 Å². The van der Waals surface area contributed by atoms with Crippen LogP contribution in [0, 0.1) is 0 Å². The second kappa shape index (κ2) is 3.19. The predicted octanol–water partition coefficient (Wildman–Crippen LogP) is 2.29. The molecule has 0 aliphatic carbocycles. The first kappa shape index (κ1) is 8.83. The minimum Gasteiger partial charge on any atom is -0.476 e. The summed E-state index contributed by atoms with van der Waals surface area (Å²) in [4.78, 5) is 14.2. The summed E-state index contributed by atoms with van der Waals surface area (Å²) in [6.07, 6.45) is 2.41. The highest BCUT2D eigenvalue weighted by Crippen LogP contribution is 2.27. The van der Waals surface area contributed by atoms with Crippen molar-refractivity contribution < 1.29 is 18.7 Å². The summed E-state index contributed by atoms with van der Waals surface area (Å²) in [5.41, 5.74) is 0.261. The van der Waals surface area contributed by atoms with E-state index in [2.05, 4.69) is 4.98 Å². The lowest BCUT2D eigenvalue weighted by atomic mass is 10.3. The zero-order valence-corrected chi connectivity index (χ0v) is 7.49. The van der Waals surface area contributed by atoms with Crippen molar-refractivity contribution in [3.05, 3.63) is 29.5 Å². The monoisotopic (exact) mass is 213 g/mol. The molecule has 72 valence electrons. The third-order valence-corrected chi connectivity index (χ3v) is 1.86. The van der Waals surface area contributed by atoms with Gasteiger partial charge in [-0.3, -0.25) is 0 Å². The van der Waals surface area contributed by atoms with Crippen LogP contribution in [-0.4, -0.2) is 16.1 Å². The number of hydrogen-bond acceptors (Lipinski definition) is 4. The molecule has 0 atom stereocenters. The van der Waals surface area contributed by atoms with Gasteiger partial charge in [0.2, 0.25) is 11.1 Å². The number of carbonyl (C=O) groups is 1. The van der Waals surface area contributed by atoms with E-state index < -0.39 is 5.97 Å². The lowest BCUT2D eigenvalue weighted by molar-refractivity contribution is 0.0690. The summed E-state index contributed by atoms with van der Waals surface area (Å²) in [6.45, 7) is 0. The standard InChI is InChI=1S/C8H4ClNO4/c9-6-4(1-2-13-6)7-10-5(3-14-7)8(11)12/h1-3H,(H,11,12). The first-order valence-electron chi connectivity index (χ1n) is 3.60. The minimum atomic E-state index is -1.15. The Kier molecular flexibility index (Phi) is 2.01. The molecule has 0 bridgehead atoms. The molecule has 6 heteroatoms. The van der Waals surface area contributed by atoms with Crippen molar-refractivity contribution in [2.24, 2.45) is 0 Å². The fourth-order valence-corrected chi connectivity index (χ4v) is 1.14. The first-order valence-corrected chi connectivity index (χ1v) is 3.98. The smallest absolute Gasteiger partial charge is 0.357 e. The Balaban J connectivity index is 2.43. The van der Waals surface area contributed by atoms with Crippen molar-refractivity contribution in [3.63, 3.8) is 0 Å². The highest BCUT2D eigenvalue weighted by molar-refractivity contribution is 6.31. The van der Waals surface area contributed by atoms with E-state index in [4.69, 9.17) is 25.5 Å². The van der Waals surface area contributed by atoms with E-state index in [-0.39, 0.29) is 16.8 Å². The number of aromatic nitrogens is 1. The van der Waals surface area contributed by atoms with Gasteiger partial charge in [-0.25, -0.2) is 9.78 Å². The first-order chi connectivity index (χ1) is 6.68. The molecule has 0 unspecified atom stereocenters. The Morgan fingerprint density at radius 2 is 2.29 bits per heavy atom. The molecule has 2 aromatic rings. The fraction of sp³-hybridized carbons (Fsp3) is 0. The van der Waals surface area contributed by atoms with Crippen LogP contribution < -0.4 is 0 Å². The molecule has 0 radical (unpaired) electrons. The number of oxazole rings is 1. The van der Waals surface area contributed by atoms with Crippen molar-refractivity contribution in [1.82, 2.24) is 4.98 Å². The Bertz CT molecular complexity index is 473. The summed E-state index contributed by atoms with van der Waals surface area (Å²) in [5, 5.41) is 8.70. The van der Waals surface area contributed by atoms with Crippen LogP contribution in [0.1, 0.15) is 10.5 Å². The Morgan fingerprint density at radius 1 is 1.50 bits per heavy atom. The van der Waals surface area contributed by atoms with E-state index in [0.717, 1.165) is 6.26 Å². The number of nitrogens with zero attached hydrogens (tertiary/aromatic N) is 1. The van der Waals surface area contributed by atoms with Gasteiger partial charge in [0.25, 0.3) is 0 Å². The van der Waals surface area contributed by atoms with Crippen LogP contribution in [0.4, 0.5) is 0 Å². The van der Waals surface area contributed by atoms with Crippen molar-refractivity contribution in [1.29, 1.82) is 0 Å². The average molecular weight is 214 g/mol. The number of furan rings is 1. The Labute approximate surface area is 82.9 Å². The molecule has 0 spiro atoms. The topological polar surface area (TPSA) is 76.5 Å². The van der Waals surface area contributed by atoms with Crippen molar-refractivity contribution in [3.8, 4) is 11.5 Å². The summed E-state index contributed by atoms with van der Waals surface area (Å²) < 4.78 is 9.72. The van der Waals surface area contributed by atoms with Crippen molar-refractivity contribution in [2.45, 2.75) is 0 Å². The maximum absolute atomic E-state index is 10.5. The van der Waals surface area contributed by atoms with E-state index in [0.29, 0.717) is 5.56 Å². The van der Waals surface area contributed by atoms with Crippen LogP contribution in [0.2, 0.25) is 5.22 Å². The molecule has 5 nitrogen and oxygen atoms in total. The summed E-state index contributed by atoms with van der Waals surface area (Å²) in [6, 6.07) is 1.54. The van der Waals surface area contributed by atoms with Gasteiger partial charge in [0.05, 0.1) is 11.8 Å². The summed E-state index contributed by atoms with van der Waals surface area (Å²) in [5.74, 6) is -1.03.